The van der Waals surface area contributed by atoms with Crippen LogP contribution in [-0.4, -0.2) is 37.6 Å². The van der Waals surface area contributed by atoms with Crippen molar-refractivity contribution in [3.8, 4) is 0 Å². The Morgan fingerprint density at radius 2 is 1.76 bits per heavy atom. The molecule has 1 aliphatic carbocycles. The van der Waals surface area contributed by atoms with Gasteiger partial charge in [-0.15, -0.1) is 0 Å². The summed E-state index contributed by atoms with van der Waals surface area (Å²) in [5.74, 6) is 0. The first-order valence-electron chi connectivity index (χ1n) is 8.40. The van der Waals surface area contributed by atoms with Crippen LogP contribution in [-0.2, 0) is 6.42 Å². The van der Waals surface area contributed by atoms with Crippen LogP contribution in [0.5, 0.6) is 0 Å². The predicted octanol–water partition coefficient (Wildman–Crippen LogP) is 3.70. The zero-order valence-corrected chi connectivity index (χ0v) is 14.5. The summed E-state index contributed by atoms with van der Waals surface area (Å²) in [4.78, 5) is 2.48. The quantitative estimate of drug-likeness (QED) is 0.889. The Hall–Kier alpha value is -0.860. The maximum Gasteiger partial charge on any atom is 0.0359 e. The molecule has 0 aromatic heterocycles. The molecule has 0 heterocycles. The first kappa shape index (κ1) is 16.5. The summed E-state index contributed by atoms with van der Waals surface area (Å²) in [6.07, 6.45) is 7.88. The van der Waals surface area contributed by atoms with Crippen molar-refractivity contribution in [2.24, 2.45) is 0 Å². The van der Waals surface area contributed by atoms with Crippen LogP contribution >= 0.6 is 0 Å². The van der Waals surface area contributed by atoms with Gasteiger partial charge in [-0.2, -0.15) is 0 Å². The molecule has 0 radical (unpaired) electrons. The lowest BCUT2D eigenvalue weighted by Crippen LogP contribution is -2.60. The Morgan fingerprint density at radius 3 is 2.29 bits per heavy atom. The number of hydrogen-bond donors (Lipinski definition) is 1. The Balaban J connectivity index is 2.22. The number of aryl methyl sites for hydroxylation is 2. The van der Waals surface area contributed by atoms with E-state index >= 15 is 0 Å². The molecular formula is C19H32N2. The summed E-state index contributed by atoms with van der Waals surface area (Å²) < 4.78 is 0. The van der Waals surface area contributed by atoms with E-state index in [4.69, 9.17) is 0 Å². The van der Waals surface area contributed by atoms with E-state index in [2.05, 4.69) is 63.4 Å². The molecule has 2 nitrogen and oxygen atoms in total. The van der Waals surface area contributed by atoms with Crippen LogP contribution < -0.4 is 5.32 Å². The van der Waals surface area contributed by atoms with Gasteiger partial charge < -0.3 is 10.2 Å². The topological polar surface area (TPSA) is 15.3 Å². The maximum absolute atomic E-state index is 3.63. The SMILES string of the molecule is CNC(Cc1ccc(C)c(C)c1)C1(N(C)C)CCCCC1. The van der Waals surface area contributed by atoms with Gasteiger partial charge in [0.25, 0.3) is 0 Å². The monoisotopic (exact) mass is 288 g/mol. The molecule has 1 atom stereocenters. The van der Waals surface area contributed by atoms with E-state index in [1.54, 1.807) is 0 Å². The third-order valence-electron chi connectivity index (χ3n) is 5.62. The van der Waals surface area contributed by atoms with Gasteiger partial charge in [0.2, 0.25) is 0 Å². The minimum atomic E-state index is 0.311. The van der Waals surface area contributed by atoms with Gasteiger partial charge in [0.15, 0.2) is 0 Å². The molecule has 0 bridgehead atoms. The molecule has 1 saturated carbocycles. The Bertz CT molecular complexity index is 459. The van der Waals surface area contributed by atoms with Crippen molar-refractivity contribution in [2.75, 3.05) is 21.1 Å². The van der Waals surface area contributed by atoms with Crippen molar-refractivity contribution in [3.05, 3.63) is 34.9 Å². The van der Waals surface area contributed by atoms with Gasteiger partial charge in [-0.1, -0.05) is 37.5 Å². The molecule has 118 valence electrons. The van der Waals surface area contributed by atoms with E-state index in [1.165, 1.54) is 48.8 Å². The smallest absolute Gasteiger partial charge is 0.0359 e. The number of rotatable bonds is 5. The minimum Gasteiger partial charge on any atom is -0.315 e. The van der Waals surface area contributed by atoms with Crippen molar-refractivity contribution in [3.63, 3.8) is 0 Å². The molecular weight excluding hydrogens is 256 g/mol. The zero-order valence-electron chi connectivity index (χ0n) is 14.5. The van der Waals surface area contributed by atoms with E-state index < -0.39 is 0 Å². The Kier molecular flexibility index (Phi) is 5.45. The number of benzene rings is 1. The van der Waals surface area contributed by atoms with Gasteiger partial charge in [0.1, 0.15) is 0 Å². The molecule has 1 aromatic rings. The van der Waals surface area contributed by atoms with Gasteiger partial charge in [-0.25, -0.2) is 0 Å². The van der Waals surface area contributed by atoms with Crippen molar-refractivity contribution in [2.45, 2.75) is 64.0 Å². The van der Waals surface area contributed by atoms with E-state index in [9.17, 15) is 0 Å². The maximum atomic E-state index is 3.63. The Labute approximate surface area is 130 Å². The van der Waals surface area contributed by atoms with Gasteiger partial charge in [0.05, 0.1) is 0 Å². The number of nitrogens with one attached hydrogen (secondary N) is 1. The van der Waals surface area contributed by atoms with Crippen LogP contribution in [0.15, 0.2) is 18.2 Å². The van der Waals surface area contributed by atoms with E-state index in [0.29, 0.717) is 11.6 Å². The fourth-order valence-corrected chi connectivity index (χ4v) is 4.00. The van der Waals surface area contributed by atoms with Crippen molar-refractivity contribution >= 4 is 0 Å². The van der Waals surface area contributed by atoms with Crippen LogP contribution in [0.2, 0.25) is 0 Å². The fraction of sp³-hybridized carbons (Fsp3) is 0.684. The van der Waals surface area contributed by atoms with Crippen molar-refractivity contribution in [1.29, 1.82) is 0 Å². The second kappa shape index (κ2) is 6.93. The molecule has 1 fully saturated rings. The number of nitrogens with zero attached hydrogens (tertiary/aromatic N) is 1. The first-order chi connectivity index (χ1) is 9.99. The highest BCUT2D eigenvalue weighted by Crippen LogP contribution is 2.36. The van der Waals surface area contributed by atoms with Crippen LogP contribution in [0.4, 0.5) is 0 Å². The Morgan fingerprint density at radius 1 is 1.10 bits per heavy atom. The number of likely N-dealkylation sites (N-methyl/N-ethyl adjacent to an activating group) is 2. The summed E-state index contributed by atoms with van der Waals surface area (Å²) in [5.41, 5.74) is 4.57. The molecule has 0 aliphatic heterocycles. The molecule has 2 rings (SSSR count). The number of hydrogen-bond acceptors (Lipinski definition) is 2. The molecule has 1 unspecified atom stereocenters. The summed E-state index contributed by atoms with van der Waals surface area (Å²) in [5, 5.41) is 3.63. The molecule has 21 heavy (non-hydrogen) atoms. The average molecular weight is 288 g/mol. The second-order valence-electron chi connectivity index (χ2n) is 7.02. The molecule has 1 aromatic carbocycles. The highest BCUT2D eigenvalue weighted by atomic mass is 15.2. The average Bonchev–Trinajstić information content (AvgIpc) is 2.49. The zero-order chi connectivity index (χ0) is 15.5. The summed E-state index contributed by atoms with van der Waals surface area (Å²) in [6, 6.07) is 7.46. The molecule has 1 N–H and O–H groups in total. The molecule has 1 aliphatic rings. The normalized spacial score (nSPS) is 19.7. The standard InChI is InChI=1S/C19H32N2/c1-15-9-10-17(13-16(15)2)14-18(20-3)19(21(4)5)11-7-6-8-12-19/h9-10,13,18,20H,6-8,11-12,14H2,1-5H3. The van der Waals surface area contributed by atoms with Crippen LogP contribution in [0.1, 0.15) is 48.8 Å². The third-order valence-corrected chi connectivity index (χ3v) is 5.62. The largest absolute Gasteiger partial charge is 0.315 e. The van der Waals surface area contributed by atoms with Crippen LogP contribution in [0.3, 0.4) is 0 Å². The lowest BCUT2D eigenvalue weighted by molar-refractivity contribution is 0.0598. The third kappa shape index (κ3) is 3.49. The lowest BCUT2D eigenvalue weighted by Gasteiger charge is -2.48. The van der Waals surface area contributed by atoms with Crippen LogP contribution in [0.25, 0.3) is 0 Å². The highest BCUT2D eigenvalue weighted by molar-refractivity contribution is 5.30. The van der Waals surface area contributed by atoms with Crippen LogP contribution in [0, 0.1) is 13.8 Å². The van der Waals surface area contributed by atoms with Crippen molar-refractivity contribution < 1.29 is 0 Å². The molecule has 0 saturated heterocycles. The lowest BCUT2D eigenvalue weighted by atomic mass is 9.73. The summed E-state index contributed by atoms with van der Waals surface area (Å²) >= 11 is 0. The van der Waals surface area contributed by atoms with Crippen molar-refractivity contribution in [1.82, 2.24) is 10.2 Å². The molecule has 0 spiro atoms. The minimum absolute atomic E-state index is 0.311. The summed E-state index contributed by atoms with van der Waals surface area (Å²) in [7, 11) is 6.65. The first-order valence-corrected chi connectivity index (χ1v) is 8.40. The van der Waals surface area contributed by atoms with E-state index in [-0.39, 0.29) is 0 Å². The van der Waals surface area contributed by atoms with Gasteiger partial charge >= 0.3 is 0 Å². The highest BCUT2D eigenvalue weighted by Gasteiger charge is 2.40. The summed E-state index contributed by atoms with van der Waals surface area (Å²) in [6.45, 7) is 4.41. The van der Waals surface area contributed by atoms with E-state index in [0.717, 1.165) is 6.42 Å². The second-order valence-corrected chi connectivity index (χ2v) is 7.02. The fourth-order valence-electron chi connectivity index (χ4n) is 4.00. The van der Waals surface area contributed by atoms with Gasteiger partial charge in [-0.3, -0.25) is 0 Å². The van der Waals surface area contributed by atoms with Gasteiger partial charge in [-0.05, 0) is 70.9 Å². The van der Waals surface area contributed by atoms with Gasteiger partial charge in [0, 0.05) is 11.6 Å². The predicted molar refractivity (Wildman–Crippen MR) is 92.0 cm³/mol. The molecule has 2 heteroatoms. The molecule has 0 amide bonds. The van der Waals surface area contributed by atoms with E-state index in [1.807, 2.05) is 0 Å².